The third kappa shape index (κ3) is 5.68. The predicted molar refractivity (Wildman–Crippen MR) is 102 cm³/mol. The van der Waals surface area contributed by atoms with E-state index in [1.54, 1.807) is 14.0 Å². The molecule has 1 aromatic carbocycles. The molecule has 2 aromatic rings. The minimum absolute atomic E-state index is 0.126. The number of ether oxygens (including phenoxy) is 2. The van der Waals surface area contributed by atoms with E-state index in [0.717, 1.165) is 24.3 Å². The van der Waals surface area contributed by atoms with Gasteiger partial charge in [0.2, 0.25) is 5.89 Å². The molecule has 1 fully saturated rings. The van der Waals surface area contributed by atoms with Crippen LogP contribution >= 0.6 is 0 Å². The number of aromatic nitrogens is 2. The van der Waals surface area contributed by atoms with Crippen LogP contribution in [0.5, 0.6) is 5.75 Å². The predicted octanol–water partition coefficient (Wildman–Crippen LogP) is 1.76. The average Bonchev–Trinajstić information content (AvgIpc) is 3.31. The molecule has 0 spiro atoms. The molecule has 1 atom stereocenters. The Hall–Kier alpha value is -2.61. The highest BCUT2D eigenvalue weighted by atomic mass is 16.5. The SMILES string of the molecule is CN=C(NCCc1nc(C)no1)NCc1ccc(C)cc1OC1CCOC1. The fourth-order valence-electron chi connectivity index (χ4n) is 2.83. The van der Waals surface area contributed by atoms with Crippen molar-refractivity contribution < 1.29 is 14.0 Å². The smallest absolute Gasteiger partial charge is 0.228 e. The van der Waals surface area contributed by atoms with Gasteiger partial charge in [0.15, 0.2) is 11.8 Å². The highest BCUT2D eigenvalue weighted by molar-refractivity contribution is 5.79. The second kappa shape index (κ2) is 9.36. The molecule has 0 bridgehead atoms. The average molecular weight is 373 g/mol. The van der Waals surface area contributed by atoms with E-state index in [-0.39, 0.29) is 6.10 Å². The summed E-state index contributed by atoms with van der Waals surface area (Å²) in [6, 6.07) is 6.24. The summed E-state index contributed by atoms with van der Waals surface area (Å²) in [5, 5.41) is 10.4. The summed E-state index contributed by atoms with van der Waals surface area (Å²) >= 11 is 0. The molecular weight excluding hydrogens is 346 g/mol. The van der Waals surface area contributed by atoms with Crippen molar-refractivity contribution >= 4 is 5.96 Å². The van der Waals surface area contributed by atoms with Crippen LogP contribution in [0.4, 0.5) is 0 Å². The largest absolute Gasteiger partial charge is 0.488 e. The van der Waals surface area contributed by atoms with Crippen molar-refractivity contribution in [3.8, 4) is 5.75 Å². The van der Waals surface area contributed by atoms with Gasteiger partial charge in [0.05, 0.1) is 13.2 Å². The zero-order valence-electron chi connectivity index (χ0n) is 16.1. The van der Waals surface area contributed by atoms with Gasteiger partial charge in [-0.2, -0.15) is 4.98 Å². The van der Waals surface area contributed by atoms with E-state index < -0.39 is 0 Å². The molecule has 0 radical (unpaired) electrons. The Balaban J connectivity index is 1.52. The van der Waals surface area contributed by atoms with Crippen molar-refractivity contribution in [2.75, 3.05) is 26.8 Å². The Morgan fingerprint density at radius 3 is 2.93 bits per heavy atom. The Labute approximate surface area is 159 Å². The lowest BCUT2D eigenvalue weighted by atomic mass is 10.1. The van der Waals surface area contributed by atoms with Gasteiger partial charge < -0.3 is 24.6 Å². The summed E-state index contributed by atoms with van der Waals surface area (Å²) in [5.41, 5.74) is 2.26. The van der Waals surface area contributed by atoms with Crippen molar-refractivity contribution in [1.82, 2.24) is 20.8 Å². The molecule has 1 aliphatic rings. The summed E-state index contributed by atoms with van der Waals surface area (Å²) in [7, 11) is 1.74. The molecular formula is C19H27N5O3. The molecule has 1 aliphatic heterocycles. The molecule has 3 rings (SSSR count). The third-order valence-corrected chi connectivity index (χ3v) is 4.28. The van der Waals surface area contributed by atoms with Gasteiger partial charge in [0.1, 0.15) is 11.9 Å². The zero-order valence-corrected chi connectivity index (χ0v) is 16.1. The lowest BCUT2D eigenvalue weighted by Gasteiger charge is -2.18. The number of benzene rings is 1. The molecule has 0 amide bonds. The van der Waals surface area contributed by atoms with E-state index in [1.807, 2.05) is 0 Å². The van der Waals surface area contributed by atoms with Crippen LogP contribution in [-0.2, 0) is 17.7 Å². The van der Waals surface area contributed by atoms with Gasteiger partial charge in [-0.25, -0.2) is 0 Å². The molecule has 0 aliphatic carbocycles. The van der Waals surface area contributed by atoms with Gasteiger partial charge in [0.25, 0.3) is 0 Å². The molecule has 27 heavy (non-hydrogen) atoms. The Morgan fingerprint density at radius 2 is 2.22 bits per heavy atom. The molecule has 2 heterocycles. The van der Waals surface area contributed by atoms with E-state index >= 15 is 0 Å². The maximum absolute atomic E-state index is 6.14. The monoisotopic (exact) mass is 373 g/mol. The molecule has 2 N–H and O–H groups in total. The van der Waals surface area contributed by atoms with Gasteiger partial charge in [-0.3, -0.25) is 4.99 Å². The number of guanidine groups is 1. The van der Waals surface area contributed by atoms with Crippen molar-refractivity contribution in [3.63, 3.8) is 0 Å². The van der Waals surface area contributed by atoms with Crippen LogP contribution in [0.1, 0.15) is 29.3 Å². The van der Waals surface area contributed by atoms with Crippen LogP contribution < -0.4 is 15.4 Å². The summed E-state index contributed by atoms with van der Waals surface area (Å²) in [6.45, 7) is 6.55. The Bertz CT molecular complexity index is 768. The summed E-state index contributed by atoms with van der Waals surface area (Å²) in [5.74, 6) is 2.87. The summed E-state index contributed by atoms with van der Waals surface area (Å²) in [6.07, 6.45) is 1.70. The lowest BCUT2D eigenvalue weighted by Crippen LogP contribution is -2.38. The van der Waals surface area contributed by atoms with Gasteiger partial charge in [-0.1, -0.05) is 17.3 Å². The van der Waals surface area contributed by atoms with Crippen LogP contribution in [0.2, 0.25) is 0 Å². The Morgan fingerprint density at radius 1 is 1.33 bits per heavy atom. The highest BCUT2D eigenvalue weighted by Crippen LogP contribution is 2.23. The third-order valence-electron chi connectivity index (χ3n) is 4.28. The zero-order chi connectivity index (χ0) is 19.1. The van der Waals surface area contributed by atoms with E-state index in [2.05, 4.69) is 50.9 Å². The van der Waals surface area contributed by atoms with Crippen molar-refractivity contribution in [1.29, 1.82) is 0 Å². The first-order valence-corrected chi connectivity index (χ1v) is 9.21. The van der Waals surface area contributed by atoms with Gasteiger partial charge >= 0.3 is 0 Å². The minimum atomic E-state index is 0.126. The number of hydrogen-bond donors (Lipinski definition) is 2. The van der Waals surface area contributed by atoms with E-state index in [1.165, 1.54) is 5.56 Å². The molecule has 1 unspecified atom stereocenters. The van der Waals surface area contributed by atoms with E-state index in [9.17, 15) is 0 Å². The van der Waals surface area contributed by atoms with Crippen LogP contribution in [-0.4, -0.2) is 49.0 Å². The first-order chi connectivity index (χ1) is 13.1. The fraction of sp³-hybridized carbons (Fsp3) is 0.526. The molecule has 8 nitrogen and oxygen atoms in total. The standard InChI is InChI=1S/C19H27N5O3/c1-13-4-5-15(17(10-13)26-16-7-9-25-12-16)11-22-19(20-3)21-8-6-18-23-14(2)24-27-18/h4-5,10,16H,6-9,11-12H2,1-3H3,(H2,20,21,22). The van der Waals surface area contributed by atoms with Gasteiger partial charge in [0, 0.05) is 38.5 Å². The number of aryl methyl sites for hydroxylation is 2. The molecule has 1 saturated heterocycles. The highest BCUT2D eigenvalue weighted by Gasteiger charge is 2.18. The fourth-order valence-corrected chi connectivity index (χ4v) is 2.83. The van der Waals surface area contributed by atoms with Crippen LogP contribution in [0.25, 0.3) is 0 Å². The quantitative estimate of drug-likeness (QED) is 0.564. The number of nitrogens with one attached hydrogen (secondary N) is 2. The number of nitrogens with zero attached hydrogens (tertiary/aromatic N) is 3. The number of aliphatic imine (C=N–C) groups is 1. The van der Waals surface area contributed by atoms with Crippen molar-refractivity contribution in [2.24, 2.45) is 4.99 Å². The van der Waals surface area contributed by atoms with Crippen LogP contribution in [0, 0.1) is 13.8 Å². The van der Waals surface area contributed by atoms with Crippen LogP contribution in [0.15, 0.2) is 27.7 Å². The van der Waals surface area contributed by atoms with Crippen molar-refractivity contribution in [3.05, 3.63) is 41.0 Å². The van der Waals surface area contributed by atoms with Gasteiger partial charge in [-0.05, 0) is 25.5 Å². The topological polar surface area (TPSA) is 93.8 Å². The maximum Gasteiger partial charge on any atom is 0.228 e. The van der Waals surface area contributed by atoms with E-state index in [4.69, 9.17) is 14.0 Å². The normalized spacial score (nSPS) is 17.1. The number of rotatable bonds is 7. The molecule has 0 saturated carbocycles. The first-order valence-electron chi connectivity index (χ1n) is 9.21. The second-order valence-electron chi connectivity index (χ2n) is 6.55. The van der Waals surface area contributed by atoms with Crippen molar-refractivity contribution in [2.45, 2.75) is 39.3 Å². The molecule has 8 heteroatoms. The Kier molecular flexibility index (Phi) is 6.64. The maximum atomic E-state index is 6.14. The van der Waals surface area contributed by atoms with Crippen LogP contribution in [0.3, 0.4) is 0 Å². The summed E-state index contributed by atoms with van der Waals surface area (Å²) < 4.78 is 16.7. The molecule has 1 aromatic heterocycles. The second-order valence-corrected chi connectivity index (χ2v) is 6.55. The van der Waals surface area contributed by atoms with E-state index in [0.29, 0.717) is 43.8 Å². The molecule has 146 valence electrons. The first kappa shape index (κ1) is 19.2. The summed E-state index contributed by atoms with van der Waals surface area (Å²) in [4.78, 5) is 8.45. The lowest BCUT2D eigenvalue weighted by molar-refractivity contribution is 0.140. The number of hydrogen-bond acceptors (Lipinski definition) is 6. The minimum Gasteiger partial charge on any atom is -0.488 e. The van der Waals surface area contributed by atoms with Gasteiger partial charge in [-0.15, -0.1) is 0 Å².